The monoisotopic (exact) mass is 334 g/mol. The topological polar surface area (TPSA) is 109 Å². The molecule has 0 spiro atoms. The van der Waals surface area contributed by atoms with Gasteiger partial charge < -0.3 is 15.3 Å². The number of aromatic nitrogens is 1. The fourth-order valence-corrected chi connectivity index (χ4v) is 2.60. The van der Waals surface area contributed by atoms with Gasteiger partial charge >= 0.3 is 18.0 Å². The number of hydrogen-bond acceptors (Lipinski definition) is 5. The maximum absolute atomic E-state index is 13.1. The van der Waals surface area contributed by atoms with Gasteiger partial charge in [0, 0.05) is 19.3 Å². The average molecular weight is 334 g/mol. The fraction of sp³-hybridized carbons (Fsp3) is 0.500. The second-order valence-corrected chi connectivity index (χ2v) is 5.15. The average Bonchev–Trinajstić information content (AvgIpc) is 2.45. The van der Waals surface area contributed by atoms with Crippen LogP contribution in [0.5, 0.6) is 0 Å². The van der Waals surface area contributed by atoms with Crippen LogP contribution in [0.4, 0.5) is 29.3 Å². The van der Waals surface area contributed by atoms with Gasteiger partial charge in [0.1, 0.15) is 11.9 Å². The Bertz CT molecular complexity index is 610. The summed E-state index contributed by atoms with van der Waals surface area (Å²) in [5.74, 6) is -1.79. The van der Waals surface area contributed by atoms with E-state index in [0.717, 1.165) is 6.20 Å². The predicted molar refractivity (Wildman–Crippen MR) is 72.2 cm³/mol. The van der Waals surface area contributed by atoms with Gasteiger partial charge in [0.15, 0.2) is 0 Å². The first kappa shape index (κ1) is 16.8. The lowest BCUT2D eigenvalue weighted by atomic mass is 9.93. The molecule has 2 N–H and O–H groups in total. The molecule has 0 radical (unpaired) electrons. The van der Waals surface area contributed by atoms with E-state index in [-0.39, 0.29) is 12.2 Å². The molecule has 0 unspecified atom stereocenters. The van der Waals surface area contributed by atoms with Crippen LogP contribution in [0.15, 0.2) is 18.5 Å². The molecule has 1 aromatic rings. The number of anilines is 1. The molecule has 1 aliphatic heterocycles. The smallest absolute Gasteiger partial charge is 0.404 e. The largest absolute Gasteiger partial charge is 0.465 e. The molecule has 0 aliphatic carbocycles. The Morgan fingerprint density at radius 3 is 2.74 bits per heavy atom. The fourth-order valence-electron chi connectivity index (χ4n) is 2.60. The van der Waals surface area contributed by atoms with Gasteiger partial charge in [0.05, 0.1) is 16.9 Å². The summed E-state index contributed by atoms with van der Waals surface area (Å²) in [5, 5.41) is 21.8. The number of carbonyl (C=O) groups is 1. The molecule has 11 heteroatoms. The number of nitro groups is 1. The van der Waals surface area contributed by atoms with E-state index in [1.54, 1.807) is 0 Å². The van der Waals surface area contributed by atoms with E-state index in [2.05, 4.69) is 4.98 Å². The van der Waals surface area contributed by atoms with Gasteiger partial charge in [-0.25, -0.2) is 4.79 Å². The summed E-state index contributed by atoms with van der Waals surface area (Å²) in [4.78, 5) is 25.8. The van der Waals surface area contributed by atoms with Gasteiger partial charge in [-0.15, -0.1) is 0 Å². The number of nitrogens with zero attached hydrogens (tertiary/aromatic N) is 3. The molecule has 2 atom stereocenters. The minimum Gasteiger partial charge on any atom is -0.465 e. The lowest BCUT2D eigenvalue weighted by Gasteiger charge is -2.39. The number of pyridine rings is 1. The molecule has 2 rings (SSSR count). The van der Waals surface area contributed by atoms with Crippen LogP contribution in [-0.2, 0) is 0 Å². The first-order valence-corrected chi connectivity index (χ1v) is 6.58. The van der Waals surface area contributed by atoms with Crippen LogP contribution in [0.3, 0.4) is 0 Å². The highest BCUT2D eigenvalue weighted by atomic mass is 19.4. The molecule has 126 valence electrons. The number of amides is 1. The molecule has 1 saturated heterocycles. The Labute approximate surface area is 128 Å². The number of piperidine rings is 1. The van der Waals surface area contributed by atoms with Crippen molar-refractivity contribution in [2.24, 2.45) is 5.92 Å². The summed E-state index contributed by atoms with van der Waals surface area (Å²) in [7, 11) is 0. The SMILES string of the molecule is O=C(O)N[C@H]1C[C@@H](C(F)(F)F)CN(c2ccncc2[N+](=O)[O-])C1. The number of hydrogen-bond donors (Lipinski definition) is 2. The molecular formula is C12H13F3N4O4. The van der Waals surface area contributed by atoms with E-state index < -0.39 is 47.8 Å². The molecule has 0 aromatic carbocycles. The van der Waals surface area contributed by atoms with Gasteiger partial charge in [0.25, 0.3) is 0 Å². The maximum Gasteiger partial charge on any atom is 0.404 e. The molecule has 1 aliphatic rings. The summed E-state index contributed by atoms with van der Waals surface area (Å²) in [6, 6.07) is 0.259. The Hall–Kier alpha value is -2.59. The van der Waals surface area contributed by atoms with Crippen LogP contribution in [0.1, 0.15) is 6.42 Å². The number of nitrogens with one attached hydrogen (secondary N) is 1. The second-order valence-electron chi connectivity index (χ2n) is 5.15. The van der Waals surface area contributed by atoms with E-state index in [4.69, 9.17) is 5.11 Å². The van der Waals surface area contributed by atoms with Crippen molar-refractivity contribution >= 4 is 17.5 Å². The van der Waals surface area contributed by atoms with Gasteiger partial charge in [0.2, 0.25) is 0 Å². The van der Waals surface area contributed by atoms with Crippen molar-refractivity contribution in [1.82, 2.24) is 10.3 Å². The highest BCUT2D eigenvalue weighted by Crippen LogP contribution is 2.37. The highest BCUT2D eigenvalue weighted by molar-refractivity contribution is 5.66. The van der Waals surface area contributed by atoms with Crippen LogP contribution < -0.4 is 10.2 Å². The van der Waals surface area contributed by atoms with Crippen LogP contribution in [0, 0.1) is 16.0 Å². The molecule has 1 fully saturated rings. The Balaban J connectivity index is 2.33. The minimum absolute atomic E-state index is 0.0175. The summed E-state index contributed by atoms with van der Waals surface area (Å²) >= 11 is 0. The third-order valence-corrected chi connectivity index (χ3v) is 3.56. The van der Waals surface area contributed by atoms with Crippen molar-refractivity contribution in [3.63, 3.8) is 0 Å². The zero-order chi connectivity index (χ0) is 17.2. The van der Waals surface area contributed by atoms with Gasteiger partial charge in [-0.1, -0.05) is 0 Å². The zero-order valence-corrected chi connectivity index (χ0v) is 11.7. The first-order chi connectivity index (χ1) is 10.7. The maximum atomic E-state index is 13.1. The molecule has 1 aromatic heterocycles. The third-order valence-electron chi connectivity index (χ3n) is 3.56. The molecule has 8 nitrogen and oxygen atoms in total. The lowest BCUT2D eigenvalue weighted by Crippen LogP contribution is -2.53. The van der Waals surface area contributed by atoms with E-state index in [1.165, 1.54) is 17.2 Å². The predicted octanol–water partition coefficient (Wildman–Crippen LogP) is 2.01. The summed E-state index contributed by atoms with van der Waals surface area (Å²) in [6.45, 7) is -0.574. The standard InChI is InChI=1S/C12H13F3N4O4/c13-12(14,15)7-3-8(17-11(20)21)6-18(5-7)9-1-2-16-4-10(9)19(22)23/h1-2,4,7-8,17H,3,5-6H2,(H,20,21)/t7-,8+/m1/s1. The molecule has 23 heavy (non-hydrogen) atoms. The molecule has 0 bridgehead atoms. The summed E-state index contributed by atoms with van der Waals surface area (Å²) in [6.07, 6.45) is -4.20. The molecule has 2 heterocycles. The quantitative estimate of drug-likeness (QED) is 0.646. The lowest BCUT2D eigenvalue weighted by molar-refractivity contribution is -0.384. The number of rotatable bonds is 3. The first-order valence-electron chi connectivity index (χ1n) is 6.58. The number of halogens is 3. The van der Waals surface area contributed by atoms with Crippen molar-refractivity contribution < 1.29 is 28.0 Å². The van der Waals surface area contributed by atoms with E-state index >= 15 is 0 Å². The van der Waals surface area contributed by atoms with Crippen molar-refractivity contribution in [2.45, 2.75) is 18.6 Å². The Morgan fingerprint density at radius 2 is 2.17 bits per heavy atom. The van der Waals surface area contributed by atoms with Gasteiger partial charge in [-0.2, -0.15) is 13.2 Å². The van der Waals surface area contributed by atoms with Crippen molar-refractivity contribution in [1.29, 1.82) is 0 Å². The second kappa shape index (κ2) is 6.26. The van der Waals surface area contributed by atoms with E-state index in [0.29, 0.717) is 0 Å². The van der Waals surface area contributed by atoms with Crippen LogP contribution in [0.25, 0.3) is 0 Å². The van der Waals surface area contributed by atoms with Crippen LogP contribution >= 0.6 is 0 Å². The van der Waals surface area contributed by atoms with E-state index in [1.807, 2.05) is 5.32 Å². The molecule has 1 amide bonds. The van der Waals surface area contributed by atoms with Crippen molar-refractivity contribution in [2.75, 3.05) is 18.0 Å². The highest BCUT2D eigenvalue weighted by Gasteiger charge is 2.45. The Morgan fingerprint density at radius 1 is 1.48 bits per heavy atom. The van der Waals surface area contributed by atoms with Crippen molar-refractivity contribution in [3.8, 4) is 0 Å². The minimum atomic E-state index is -4.53. The van der Waals surface area contributed by atoms with Gasteiger partial charge in [-0.3, -0.25) is 15.1 Å². The summed E-state index contributed by atoms with van der Waals surface area (Å²) in [5.41, 5.74) is -0.444. The molecule has 0 saturated carbocycles. The van der Waals surface area contributed by atoms with Gasteiger partial charge in [-0.05, 0) is 12.5 Å². The van der Waals surface area contributed by atoms with Crippen LogP contribution in [0.2, 0.25) is 0 Å². The normalized spacial score (nSPS) is 21.8. The molecular weight excluding hydrogens is 321 g/mol. The zero-order valence-electron chi connectivity index (χ0n) is 11.7. The number of alkyl halides is 3. The van der Waals surface area contributed by atoms with Crippen molar-refractivity contribution in [3.05, 3.63) is 28.6 Å². The third kappa shape index (κ3) is 3.99. The summed E-state index contributed by atoms with van der Waals surface area (Å²) < 4.78 is 39.2. The van der Waals surface area contributed by atoms with E-state index in [9.17, 15) is 28.1 Å². The van der Waals surface area contributed by atoms with Crippen LogP contribution in [-0.4, -0.2) is 46.4 Å². The number of carboxylic acid groups (broad SMARTS) is 1. The Kier molecular flexibility index (Phi) is 4.57.